The van der Waals surface area contributed by atoms with Crippen molar-refractivity contribution in [3.8, 4) is 0 Å². The van der Waals surface area contributed by atoms with Crippen LogP contribution in [0.1, 0.15) is 6.42 Å². The third-order valence-electron chi connectivity index (χ3n) is 1.58. The van der Waals surface area contributed by atoms with Crippen LogP contribution in [0.25, 0.3) is 0 Å². The molecule has 1 rings (SSSR count). The van der Waals surface area contributed by atoms with Gasteiger partial charge < -0.3 is 0 Å². The number of carbonyl (C=O) groups is 1. The summed E-state index contributed by atoms with van der Waals surface area (Å²) in [5.41, 5.74) is 0. The Morgan fingerprint density at radius 1 is 1.70 bits per heavy atom. The first-order chi connectivity index (χ1) is 4.74. The number of halogens is 1. The van der Waals surface area contributed by atoms with Crippen LogP contribution in [0.5, 0.6) is 0 Å². The van der Waals surface area contributed by atoms with Gasteiger partial charge in [-0.3, -0.25) is 4.79 Å². The molecular formula is C5H7IN2O2. The maximum atomic E-state index is 10.7. The highest BCUT2D eigenvalue weighted by Gasteiger charge is 2.27. The number of rotatable bonds is 1. The number of carbonyl (C=O) groups excluding carboxylic acids is 1. The van der Waals surface area contributed by atoms with Gasteiger partial charge in [0.2, 0.25) is 0 Å². The highest BCUT2D eigenvalue weighted by atomic mass is 127. The minimum atomic E-state index is -0.501. The number of nitrogens with zero attached hydrogens (tertiary/aromatic N) is 2. The molecule has 0 saturated carbocycles. The summed E-state index contributed by atoms with van der Waals surface area (Å²) in [5.74, 6) is -0.645. The summed E-state index contributed by atoms with van der Waals surface area (Å²) < 4.78 is 1.99. The molecule has 0 radical (unpaired) electrons. The van der Waals surface area contributed by atoms with Gasteiger partial charge in [0, 0.05) is 41.1 Å². The molecule has 56 valence electrons. The fourth-order valence-corrected chi connectivity index (χ4v) is 1.75. The molecule has 1 heterocycles. The van der Waals surface area contributed by atoms with Crippen LogP contribution in [0.2, 0.25) is 0 Å². The molecule has 0 aliphatic carbocycles. The van der Waals surface area contributed by atoms with E-state index in [1.807, 2.05) is 3.11 Å². The maximum absolute atomic E-state index is 10.7. The molecule has 0 aromatic rings. The molecule has 10 heavy (non-hydrogen) atoms. The van der Waals surface area contributed by atoms with Crippen LogP contribution in [-0.4, -0.2) is 22.1 Å². The van der Waals surface area contributed by atoms with E-state index < -0.39 is 5.91 Å². The zero-order valence-electron chi connectivity index (χ0n) is 5.29. The van der Waals surface area contributed by atoms with Gasteiger partial charge in [0.25, 0.3) is 5.91 Å². The molecule has 1 atom stereocenters. The molecule has 5 heteroatoms. The van der Waals surface area contributed by atoms with Crippen LogP contribution < -0.4 is 0 Å². The molecule has 1 unspecified atom stereocenters. The van der Waals surface area contributed by atoms with Crippen LogP contribution in [-0.2, 0) is 4.79 Å². The minimum absolute atomic E-state index is 0.144. The summed E-state index contributed by atoms with van der Waals surface area (Å²) in [6, 6.07) is 0. The van der Waals surface area contributed by atoms with E-state index in [0.29, 0.717) is 6.54 Å². The molecule has 0 bridgehead atoms. The Balaban J connectivity index is 2.44. The quantitative estimate of drug-likeness (QED) is 0.397. The molecule has 0 spiro atoms. The summed E-state index contributed by atoms with van der Waals surface area (Å²) in [6.45, 7) is 1.55. The number of nitroso groups, excluding NO2 is 1. The summed E-state index contributed by atoms with van der Waals surface area (Å²) in [6.07, 6.45) is 0.771. The van der Waals surface area contributed by atoms with Crippen molar-refractivity contribution < 1.29 is 4.79 Å². The number of amides is 1. The summed E-state index contributed by atoms with van der Waals surface area (Å²) in [4.78, 5) is 20.4. The van der Waals surface area contributed by atoms with E-state index in [1.165, 1.54) is 0 Å². The molecule has 1 fully saturated rings. The lowest BCUT2D eigenvalue weighted by atomic mass is 10.1. The second kappa shape index (κ2) is 3.38. The van der Waals surface area contributed by atoms with Crippen LogP contribution in [0.3, 0.4) is 0 Å². The topological polar surface area (TPSA) is 49.7 Å². The first kappa shape index (κ1) is 8.06. The first-order valence-electron chi connectivity index (χ1n) is 3.02. The van der Waals surface area contributed by atoms with Crippen LogP contribution in [0.4, 0.5) is 0 Å². The lowest BCUT2D eigenvalue weighted by Gasteiger charge is -2.01. The highest BCUT2D eigenvalue weighted by Crippen LogP contribution is 2.20. The van der Waals surface area contributed by atoms with Crippen molar-refractivity contribution in [1.29, 1.82) is 0 Å². The van der Waals surface area contributed by atoms with Gasteiger partial charge >= 0.3 is 0 Å². The number of hydrogen-bond donors (Lipinski definition) is 0. The molecule has 1 aliphatic rings. The molecule has 0 aromatic carbocycles. The molecule has 0 aromatic heterocycles. The monoisotopic (exact) mass is 254 g/mol. The Labute approximate surface area is 72.4 Å². The second-order valence-electron chi connectivity index (χ2n) is 2.28. The minimum Gasteiger partial charge on any atom is -0.269 e. The van der Waals surface area contributed by atoms with Crippen molar-refractivity contribution in [2.24, 2.45) is 11.1 Å². The van der Waals surface area contributed by atoms with Crippen molar-refractivity contribution in [1.82, 2.24) is 3.11 Å². The average Bonchev–Trinajstić information content (AvgIpc) is 2.34. The Morgan fingerprint density at radius 3 is 2.80 bits per heavy atom. The molecule has 1 aliphatic heterocycles. The van der Waals surface area contributed by atoms with Crippen molar-refractivity contribution in [3.05, 3.63) is 4.91 Å². The average molecular weight is 254 g/mol. The van der Waals surface area contributed by atoms with Gasteiger partial charge in [-0.1, -0.05) is 0 Å². The largest absolute Gasteiger partial charge is 0.290 e. The van der Waals surface area contributed by atoms with E-state index in [-0.39, 0.29) is 5.92 Å². The summed E-state index contributed by atoms with van der Waals surface area (Å²) in [7, 11) is 0. The molecular weight excluding hydrogens is 247 g/mol. The third kappa shape index (κ3) is 1.72. The van der Waals surface area contributed by atoms with Gasteiger partial charge in [-0.2, -0.15) is 0 Å². The smallest absolute Gasteiger partial charge is 0.269 e. The van der Waals surface area contributed by atoms with Crippen molar-refractivity contribution >= 4 is 28.8 Å². The molecule has 1 saturated heterocycles. The van der Waals surface area contributed by atoms with E-state index in [4.69, 9.17) is 0 Å². The van der Waals surface area contributed by atoms with Crippen LogP contribution >= 0.6 is 22.9 Å². The van der Waals surface area contributed by atoms with E-state index in [2.05, 4.69) is 28.0 Å². The van der Waals surface area contributed by atoms with E-state index in [1.54, 1.807) is 0 Å². The number of hydrogen-bond acceptors (Lipinski definition) is 3. The van der Waals surface area contributed by atoms with Gasteiger partial charge in [0.05, 0.1) is 5.92 Å². The fraction of sp³-hybridized carbons (Fsp3) is 0.800. The summed E-state index contributed by atoms with van der Waals surface area (Å²) in [5, 5.41) is 2.39. The highest BCUT2D eigenvalue weighted by molar-refractivity contribution is 14.1. The van der Waals surface area contributed by atoms with Gasteiger partial charge in [-0.25, -0.2) is 3.11 Å². The fourth-order valence-electron chi connectivity index (χ4n) is 0.994. The van der Waals surface area contributed by atoms with Crippen molar-refractivity contribution in [3.63, 3.8) is 0 Å². The van der Waals surface area contributed by atoms with Gasteiger partial charge in [-0.05, 0) is 6.42 Å². The third-order valence-corrected chi connectivity index (χ3v) is 2.45. The van der Waals surface area contributed by atoms with Gasteiger partial charge in [-0.15, -0.1) is 4.91 Å². The predicted octanol–water partition coefficient (Wildman–Crippen LogP) is 0.951. The van der Waals surface area contributed by atoms with Crippen molar-refractivity contribution in [2.45, 2.75) is 6.42 Å². The van der Waals surface area contributed by atoms with E-state index in [9.17, 15) is 9.70 Å². The predicted molar refractivity (Wildman–Crippen MR) is 44.5 cm³/mol. The Hall–Kier alpha value is -0.0400. The second-order valence-corrected chi connectivity index (χ2v) is 3.65. The van der Waals surface area contributed by atoms with E-state index in [0.717, 1.165) is 13.0 Å². The van der Waals surface area contributed by atoms with Crippen LogP contribution in [0.15, 0.2) is 5.18 Å². The maximum Gasteiger partial charge on any atom is 0.290 e. The normalized spacial score (nSPS) is 26.7. The van der Waals surface area contributed by atoms with Gasteiger partial charge in [0.15, 0.2) is 0 Å². The summed E-state index contributed by atoms with van der Waals surface area (Å²) >= 11 is 2.13. The SMILES string of the molecule is O=NC(=O)C1CCN(I)C1. The van der Waals surface area contributed by atoms with Crippen molar-refractivity contribution in [2.75, 3.05) is 13.1 Å². The molecule has 4 nitrogen and oxygen atoms in total. The van der Waals surface area contributed by atoms with Gasteiger partial charge in [0.1, 0.15) is 0 Å². The lowest BCUT2D eigenvalue weighted by Crippen LogP contribution is -2.14. The standard InChI is InChI=1S/C5H7IN2O2/c6-8-2-1-4(3-8)5(9)7-10/h4H,1-3H2. The zero-order valence-corrected chi connectivity index (χ0v) is 7.45. The van der Waals surface area contributed by atoms with E-state index >= 15 is 0 Å². The Bertz CT molecular complexity index is 162. The Morgan fingerprint density at radius 2 is 2.40 bits per heavy atom. The molecule has 0 N–H and O–H groups in total. The molecule has 1 amide bonds. The first-order valence-corrected chi connectivity index (χ1v) is 3.98. The van der Waals surface area contributed by atoms with Crippen LogP contribution in [0, 0.1) is 10.8 Å². The Kier molecular flexibility index (Phi) is 2.72. The zero-order chi connectivity index (χ0) is 7.56. The lowest BCUT2D eigenvalue weighted by molar-refractivity contribution is -0.121.